The van der Waals surface area contributed by atoms with E-state index in [0.29, 0.717) is 24.5 Å². The molecule has 1 fully saturated rings. The summed E-state index contributed by atoms with van der Waals surface area (Å²) in [7, 11) is 0. The summed E-state index contributed by atoms with van der Waals surface area (Å²) in [6.07, 6.45) is 3.06. The summed E-state index contributed by atoms with van der Waals surface area (Å²) in [5.41, 5.74) is 8.00. The van der Waals surface area contributed by atoms with Crippen molar-refractivity contribution < 1.29 is 9.53 Å². The quantitative estimate of drug-likeness (QED) is 0.470. The summed E-state index contributed by atoms with van der Waals surface area (Å²) in [6.45, 7) is 5.75. The Kier molecular flexibility index (Phi) is 5.34. The minimum Gasteiger partial charge on any atom is -0.457 e. The van der Waals surface area contributed by atoms with Crippen LogP contribution in [0.25, 0.3) is 21.1 Å². The number of hydrogen-bond donors (Lipinski definition) is 1. The predicted octanol–water partition coefficient (Wildman–Crippen LogP) is 3.79. The van der Waals surface area contributed by atoms with Gasteiger partial charge in [-0.1, -0.05) is 12.1 Å². The first kappa shape index (κ1) is 20.6. The maximum atomic E-state index is 12.7. The Labute approximate surface area is 189 Å². The molecular formula is C23H24N6O2S. The third-order valence-electron chi connectivity index (χ3n) is 6.10. The normalized spacial score (nSPS) is 14.9. The van der Waals surface area contributed by atoms with Gasteiger partial charge < -0.3 is 15.4 Å². The number of nitrogen functional groups attached to an aromatic ring is 1. The fraction of sp³-hybridized carbons (Fsp3) is 0.348. The largest absolute Gasteiger partial charge is 0.457 e. The van der Waals surface area contributed by atoms with E-state index in [1.165, 1.54) is 10.4 Å². The van der Waals surface area contributed by atoms with Crippen molar-refractivity contribution in [1.82, 2.24) is 19.9 Å². The lowest BCUT2D eigenvalue weighted by Gasteiger charge is -2.32. The van der Waals surface area contributed by atoms with E-state index in [4.69, 9.17) is 10.5 Å². The van der Waals surface area contributed by atoms with E-state index in [2.05, 4.69) is 38.7 Å². The van der Waals surface area contributed by atoms with E-state index in [1.54, 1.807) is 17.7 Å². The molecule has 4 heterocycles. The van der Waals surface area contributed by atoms with E-state index in [9.17, 15) is 4.79 Å². The molecule has 8 nitrogen and oxygen atoms in total. The van der Waals surface area contributed by atoms with Gasteiger partial charge in [0, 0.05) is 23.4 Å². The van der Waals surface area contributed by atoms with E-state index in [1.807, 2.05) is 24.3 Å². The van der Waals surface area contributed by atoms with Gasteiger partial charge in [-0.25, -0.2) is 19.9 Å². The van der Waals surface area contributed by atoms with Gasteiger partial charge in [0.25, 0.3) is 0 Å². The molecule has 1 aliphatic rings. The molecule has 1 aromatic carbocycles. The van der Waals surface area contributed by atoms with Crippen LogP contribution in [0.15, 0.2) is 30.6 Å². The number of nitrogens with two attached hydrogens (primary N) is 1. The number of anilines is 2. The molecule has 2 N–H and O–H groups in total. The molecule has 0 amide bonds. The highest BCUT2D eigenvalue weighted by Gasteiger charge is 2.28. The molecule has 0 spiro atoms. The molecule has 0 saturated carbocycles. The molecule has 0 unspecified atom stereocenters. The highest BCUT2D eigenvalue weighted by atomic mass is 32.1. The number of hydrogen-bond acceptors (Lipinski definition) is 9. The zero-order chi connectivity index (χ0) is 22.2. The van der Waals surface area contributed by atoms with Gasteiger partial charge in [-0.3, -0.25) is 4.79 Å². The minimum absolute atomic E-state index is 0.0218. The van der Waals surface area contributed by atoms with Gasteiger partial charge >= 0.3 is 5.97 Å². The van der Waals surface area contributed by atoms with Gasteiger partial charge in [-0.05, 0) is 44.4 Å². The van der Waals surface area contributed by atoms with Crippen molar-refractivity contribution in [3.8, 4) is 0 Å². The lowest BCUT2D eigenvalue weighted by Crippen LogP contribution is -2.37. The lowest BCUT2D eigenvalue weighted by atomic mass is 9.97. The van der Waals surface area contributed by atoms with Crippen LogP contribution in [-0.4, -0.2) is 39.0 Å². The summed E-state index contributed by atoms with van der Waals surface area (Å²) in [5, 5.41) is 1.92. The maximum Gasteiger partial charge on any atom is 0.309 e. The Bertz CT molecular complexity index is 1310. The first-order valence-electron chi connectivity index (χ1n) is 10.6. The minimum atomic E-state index is -0.213. The van der Waals surface area contributed by atoms with Crippen molar-refractivity contribution in [3.63, 3.8) is 0 Å². The van der Waals surface area contributed by atoms with Crippen molar-refractivity contribution in [3.05, 3.63) is 46.9 Å². The van der Waals surface area contributed by atoms with Crippen LogP contribution < -0.4 is 10.6 Å². The molecule has 9 heteroatoms. The average molecular weight is 449 g/mol. The van der Waals surface area contributed by atoms with E-state index in [0.717, 1.165) is 40.0 Å². The van der Waals surface area contributed by atoms with Crippen molar-refractivity contribution in [2.75, 3.05) is 23.7 Å². The predicted molar refractivity (Wildman–Crippen MR) is 126 cm³/mol. The van der Waals surface area contributed by atoms with Crippen LogP contribution in [0.5, 0.6) is 0 Å². The second-order valence-corrected chi connectivity index (χ2v) is 9.28. The Morgan fingerprint density at radius 3 is 2.78 bits per heavy atom. The number of ether oxygens (including phenoxy) is 1. The number of para-hydroxylation sites is 1. The van der Waals surface area contributed by atoms with Crippen molar-refractivity contribution in [2.24, 2.45) is 5.92 Å². The van der Waals surface area contributed by atoms with Crippen molar-refractivity contribution in [2.45, 2.75) is 33.3 Å². The van der Waals surface area contributed by atoms with Crippen LogP contribution in [0.1, 0.15) is 29.1 Å². The fourth-order valence-corrected chi connectivity index (χ4v) is 5.19. The number of carbonyl (C=O) groups is 1. The van der Waals surface area contributed by atoms with Crippen LogP contribution in [0, 0.1) is 19.8 Å². The number of benzene rings is 1. The van der Waals surface area contributed by atoms with Crippen LogP contribution in [-0.2, 0) is 16.1 Å². The Hall–Kier alpha value is -3.33. The average Bonchev–Trinajstić information content (AvgIpc) is 3.11. The molecule has 1 saturated heterocycles. The Morgan fingerprint density at radius 2 is 1.97 bits per heavy atom. The molecule has 0 aliphatic carbocycles. The highest BCUT2D eigenvalue weighted by molar-refractivity contribution is 7.18. The van der Waals surface area contributed by atoms with E-state index >= 15 is 0 Å². The molecule has 3 aromatic heterocycles. The topological polar surface area (TPSA) is 107 Å². The van der Waals surface area contributed by atoms with Gasteiger partial charge in [0.05, 0.1) is 16.8 Å². The number of fused-ring (bicyclic) bond motifs is 2. The summed E-state index contributed by atoms with van der Waals surface area (Å²) < 4.78 is 5.54. The molecule has 0 bridgehead atoms. The maximum absolute atomic E-state index is 12.7. The van der Waals surface area contributed by atoms with Crippen LogP contribution in [0.3, 0.4) is 0 Å². The van der Waals surface area contributed by atoms with Gasteiger partial charge in [0.2, 0.25) is 0 Å². The summed E-state index contributed by atoms with van der Waals surface area (Å²) in [6, 6.07) is 7.53. The first-order valence-corrected chi connectivity index (χ1v) is 11.5. The summed E-state index contributed by atoms with van der Waals surface area (Å²) >= 11 is 1.70. The number of nitrogens with zero attached hydrogens (tertiary/aromatic N) is 5. The molecular weight excluding hydrogens is 424 g/mol. The lowest BCUT2D eigenvalue weighted by molar-refractivity contribution is -0.150. The molecule has 1 aliphatic heterocycles. The van der Waals surface area contributed by atoms with Gasteiger partial charge in [0.1, 0.15) is 22.8 Å². The monoisotopic (exact) mass is 448 g/mol. The van der Waals surface area contributed by atoms with Crippen molar-refractivity contribution >= 4 is 50.1 Å². The van der Waals surface area contributed by atoms with Gasteiger partial charge in [-0.15, -0.1) is 11.3 Å². The molecule has 5 rings (SSSR count). The SMILES string of the molecule is Cc1sc2ncnc(N3CCC(C(=O)OCc4nc(N)c5ccccc5n4)CC3)c2c1C. The summed E-state index contributed by atoms with van der Waals surface area (Å²) in [5.74, 6) is 1.41. The number of carbonyl (C=O) groups excluding carboxylic acids is 1. The number of piperidine rings is 1. The number of aryl methyl sites for hydroxylation is 2. The van der Waals surface area contributed by atoms with Crippen LogP contribution >= 0.6 is 11.3 Å². The molecule has 4 aromatic rings. The van der Waals surface area contributed by atoms with Gasteiger partial charge in [-0.2, -0.15) is 0 Å². The second-order valence-electron chi connectivity index (χ2n) is 8.07. The Balaban J connectivity index is 1.23. The summed E-state index contributed by atoms with van der Waals surface area (Å²) in [4.78, 5) is 34.9. The molecule has 0 atom stereocenters. The second kappa shape index (κ2) is 8.31. The van der Waals surface area contributed by atoms with Crippen LogP contribution in [0.2, 0.25) is 0 Å². The molecule has 32 heavy (non-hydrogen) atoms. The van der Waals surface area contributed by atoms with Crippen molar-refractivity contribution in [1.29, 1.82) is 0 Å². The van der Waals surface area contributed by atoms with Crippen LogP contribution in [0.4, 0.5) is 11.6 Å². The number of aromatic nitrogens is 4. The van der Waals surface area contributed by atoms with E-state index < -0.39 is 0 Å². The number of esters is 1. The fourth-order valence-electron chi connectivity index (χ4n) is 4.20. The number of rotatable bonds is 4. The zero-order valence-corrected chi connectivity index (χ0v) is 18.9. The zero-order valence-electron chi connectivity index (χ0n) is 18.0. The number of thiophene rings is 1. The Morgan fingerprint density at radius 1 is 1.19 bits per heavy atom. The highest BCUT2D eigenvalue weighted by Crippen LogP contribution is 2.35. The first-order chi connectivity index (χ1) is 15.5. The van der Waals surface area contributed by atoms with Gasteiger partial charge in [0.15, 0.2) is 12.4 Å². The molecule has 0 radical (unpaired) electrons. The van der Waals surface area contributed by atoms with E-state index in [-0.39, 0.29) is 18.5 Å². The smallest absolute Gasteiger partial charge is 0.309 e. The molecule has 164 valence electrons. The third-order valence-corrected chi connectivity index (χ3v) is 7.21. The third kappa shape index (κ3) is 3.73. The standard InChI is InChI=1S/C23H24N6O2S/c1-13-14(2)32-22-19(13)21(25-12-26-22)29-9-7-15(8-10-29)23(30)31-11-18-27-17-6-4-3-5-16(17)20(24)28-18/h3-6,12,15H,7-11H2,1-2H3,(H2,24,27,28).